The summed E-state index contributed by atoms with van der Waals surface area (Å²) in [4.78, 5) is 15.2. The fourth-order valence-corrected chi connectivity index (χ4v) is 2.74. The van der Waals surface area contributed by atoms with Gasteiger partial charge in [0.15, 0.2) is 0 Å². The van der Waals surface area contributed by atoms with Crippen LogP contribution in [0.1, 0.15) is 46.5 Å². The molecular formula is C14H28N2O2. The summed E-state index contributed by atoms with van der Waals surface area (Å²) >= 11 is 0. The maximum Gasteiger partial charge on any atom is 0.407 e. The summed E-state index contributed by atoms with van der Waals surface area (Å²) in [7, 11) is 4.26. The molecule has 1 aliphatic carbocycles. The van der Waals surface area contributed by atoms with Crippen molar-refractivity contribution in [1.29, 1.82) is 0 Å². The summed E-state index contributed by atoms with van der Waals surface area (Å²) in [5, 5.41) is 9.30. The molecule has 0 aromatic heterocycles. The highest BCUT2D eigenvalue weighted by Crippen LogP contribution is 2.29. The van der Waals surface area contributed by atoms with E-state index in [1.165, 1.54) is 12.8 Å². The molecule has 0 aromatic rings. The summed E-state index contributed by atoms with van der Waals surface area (Å²) in [5.41, 5.74) is -0.301. The van der Waals surface area contributed by atoms with Crippen LogP contribution >= 0.6 is 0 Å². The summed E-state index contributed by atoms with van der Waals surface area (Å²) in [6.45, 7) is 6.57. The Hall–Kier alpha value is -0.770. The third-order valence-corrected chi connectivity index (χ3v) is 4.03. The summed E-state index contributed by atoms with van der Waals surface area (Å²) in [6.07, 6.45) is 3.87. The number of hydrogen-bond donors (Lipinski definition) is 1. The van der Waals surface area contributed by atoms with E-state index in [4.69, 9.17) is 0 Å². The van der Waals surface area contributed by atoms with E-state index in [1.807, 2.05) is 20.8 Å². The molecule has 0 aliphatic heterocycles. The first-order valence-electron chi connectivity index (χ1n) is 6.89. The average molecular weight is 256 g/mol. The minimum Gasteiger partial charge on any atom is -0.465 e. The van der Waals surface area contributed by atoms with Gasteiger partial charge in [-0.1, -0.05) is 0 Å². The van der Waals surface area contributed by atoms with E-state index in [0.29, 0.717) is 18.5 Å². The fourth-order valence-electron chi connectivity index (χ4n) is 2.74. The quantitative estimate of drug-likeness (QED) is 0.844. The minimum absolute atomic E-state index is 0.301. The zero-order valence-electron chi connectivity index (χ0n) is 12.4. The first-order valence-corrected chi connectivity index (χ1v) is 6.89. The van der Waals surface area contributed by atoms with E-state index in [9.17, 15) is 9.90 Å². The standard InChI is InChI=1S/C14H28N2O2/c1-14(2,3)16(13(17)18)10-11-6-8-12(9-7-11)15(4)5/h11-12H,6-10H2,1-5H3,(H,17,18)/t11-,12-. The number of amides is 1. The van der Waals surface area contributed by atoms with Crippen LogP contribution in [0.15, 0.2) is 0 Å². The van der Waals surface area contributed by atoms with Crippen molar-refractivity contribution >= 4 is 6.09 Å². The lowest BCUT2D eigenvalue weighted by atomic mass is 9.84. The Morgan fingerprint density at radius 1 is 1.17 bits per heavy atom. The van der Waals surface area contributed by atoms with Crippen molar-refractivity contribution in [2.75, 3.05) is 20.6 Å². The van der Waals surface area contributed by atoms with Crippen LogP contribution in [0.4, 0.5) is 4.79 Å². The lowest BCUT2D eigenvalue weighted by Gasteiger charge is -2.39. The molecule has 4 nitrogen and oxygen atoms in total. The van der Waals surface area contributed by atoms with Crippen molar-refractivity contribution in [2.24, 2.45) is 5.92 Å². The van der Waals surface area contributed by atoms with Gasteiger partial charge in [-0.25, -0.2) is 4.79 Å². The number of carboxylic acid groups (broad SMARTS) is 1. The number of nitrogens with zero attached hydrogens (tertiary/aromatic N) is 2. The average Bonchev–Trinajstić information content (AvgIpc) is 2.24. The van der Waals surface area contributed by atoms with Crippen molar-refractivity contribution in [3.05, 3.63) is 0 Å². The molecule has 4 heteroatoms. The Balaban J connectivity index is 2.51. The molecule has 0 aromatic carbocycles. The third-order valence-electron chi connectivity index (χ3n) is 4.03. The van der Waals surface area contributed by atoms with E-state index in [2.05, 4.69) is 19.0 Å². The van der Waals surface area contributed by atoms with E-state index in [1.54, 1.807) is 4.90 Å². The Kier molecular flexibility index (Phi) is 5.02. The van der Waals surface area contributed by atoms with E-state index in [0.717, 1.165) is 12.8 Å². The van der Waals surface area contributed by atoms with Crippen molar-refractivity contribution in [3.63, 3.8) is 0 Å². The smallest absolute Gasteiger partial charge is 0.407 e. The molecule has 106 valence electrons. The predicted molar refractivity (Wildman–Crippen MR) is 73.9 cm³/mol. The molecule has 1 saturated carbocycles. The molecule has 1 amide bonds. The van der Waals surface area contributed by atoms with Gasteiger partial charge in [0, 0.05) is 18.1 Å². The molecule has 1 N–H and O–H groups in total. The number of carbonyl (C=O) groups is 1. The van der Waals surface area contributed by atoms with Gasteiger partial charge >= 0.3 is 6.09 Å². The molecule has 0 radical (unpaired) electrons. The topological polar surface area (TPSA) is 43.8 Å². The van der Waals surface area contributed by atoms with Crippen LogP contribution in [0, 0.1) is 5.92 Å². The van der Waals surface area contributed by atoms with Gasteiger partial charge in [0.2, 0.25) is 0 Å². The zero-order chi connectivity index (χ0) is 13.9. The molecule has 0 saturated heterocycles. The Morgan fingerprint density at radius 2 is 1.67 bits per heavy atom. The van der Waals surface area contributed by atoms with Gasteiger partial charge in [-0.3, -0.25) is 0 Å². The number of hydrogen-bond acceptors (Lipinski definition) is 2. The van der Waals surface area contributed by atoms with E-state index < -0.39 is 6.09 Å². The molecule has 0 unspecified atom stereocenters. The maximum absolute atomic E-state index is 11.3. The highest BCUT2D eigenvalue weighted by atomic mass is 16.4. The molecule has 1 aliphatic rings. The highest BCUT2D eigenvalue weighted by Gasteiger charge is 2.30. The lowest BCUT2D eigenvalue weighted by Crippen LogP contribution is -2.48. The second-order valence-corrected chi connectivity index (χ2v) is 6.70. The normalized spacial score (nSPS) is 25.2. The van der Waals surface area contributed by atoms with Crippen LogP contribution in [0.3, 0.4) is 0 Å². The van der Waals surface area contributed by atoms with Crippen molar-refractivity contribution in [2.45, 2.75) is 58.0 Å². The zero-order valence-corrected chi connectivity index (χ0v) is 12.4. The van der Waals surface area contributed by atoms with Gasteiger partial charge < -0.3 is 14.9 Å². The van der Waals surface area contributed by atoms with E-state index in [-0.39, 0.29) is 5.54 Å². The largest absolute Gasteiger partial charge is 0.465 e. The van der Waals surface area contributed by atoms with Crippen LogP contribution in [0.5, 0.6) is 0 Å². The molecule has 0 atom stereocenters. The van der Waals surface area contributed by atoms with Gasteiger partial charge in [-0.15, -0.1) is 0 Å². The first-order chi connectivity index (χ1) is 8.21. The van der Waals surface area contributed by atoms with Crippen LogP contribution in [0.2, 0.25) is 0 Å². The highest BCUT2D eigenvalue weighted by molar-refractivity contribution is 5.66. The minimum atomic E-state index is -0.794. The van der Waals surface area contributed by atoms with Crippen LogP contribution in [-0.2, 0) is 0 Å². The van der Waals surface area contributed by atoms with Gasteiger partial charge in [0.1, 0.15) is 0 Å². The van der Waals surface area contributed by atoms with Gasteiger partial charge in [0.25, 0.3) is 0 Å². The molecule has 0 spiro atoms. The molecule has 1 fully saturated rings. The van der Waals surface area contributed by atoms with Crippen LogP contribution in [-0.4, -0.2) is 53.2 Å². The molecule has 0 heterocycles. The van der Waals surface area contributed by atoms with Crippen molar-refractivity contribution in [3.8, 4) is 0 Å². The summed E-state index contributed by atoms with van der Waals surface area (Å²) in [6, 6.07) is 0.675. The third kappa shape index (κ3) is 4.16. The first kappa shape index (κ1) is 15.3. The monoisotopic (exact) mass is 256 g/mol. The SMILES string of the molecule is CN(C)[C@H]1CC[C@H](CN(C(=O)O)C(C)(C)C)CC1. The van der Waals surface area contributed by atoms with Gasteiger partial charge in [-0.05, 0) is 66.5 Å². The molecule has 18 heavy (non-hydrogen) atoms. The van der Waals surface area contributed by atoms with Crippen molar-refractivity contribution in [1.82, 2.24) is 9.80 Å². The molecule has 0 bridgehead atoms. The Bertz CT molecular complexity index is 276. The van der Waals surface area contributed by atoms with Gasteiger partial charge in [0.05, 0.1) is 0 Å². The second kappa shape index (κ2) is 5.91. The fraction of sp³-hybridized carbons (Fsp3) is 0.929. The Morgan fingerprint density at radius 3 is 2.00 bits per heavy atom. The molecule has 1 rings (SSSR count). The maximum atomic E-state index is 11.3. The second-order valence-electron chi connectivity index (χ2n) is 6.70. The summed E-state index contributed by atoms with van der Waals surface area (Å²) < 4.78 is 0. The molecular weight excluding hydrogens is 228 g/mol. The lowest BCUT2D eigenvalue weighted by molar-refractivity contribution is 0.0769. The van der Waals surface area contributed by atoms with Crippen LogP contribution in [0.25, 0.3) is 0 Å². The van der Waals surface area contributed by atoms with Crippen molar-refractivity contribution < 1.29 is 9.90 Å². The Labute approximate surface area is 111 Å². The number of rotatable bonds is 3. The van der Waals surface area contributed by atoms with E-state index >= 15 is 0 Å². The van der Waals surface area contributed by atoms with Gasteiger partial charge in [-0.2, -0.15) is 0 Å². The van der Waals surface area contributed by atoms with Crippen LogP contribution < -0.4 is 0 Å². The predicted octanol–water partition coefficient (Wildman–Crippen LogP) is 2.89. The summed E-state index contributed by atoms with van der Waals surface area (Å²) in [5.74, 6) is 0.525.